The zero-order valence-electron chi connectivity index (χ0n) is 8.43. The summed E-state index contributed by atoms with van der Waals surface area (Å²) in [6.07, 6.45) is 3.40. The Morgan fingerprint density at radius 2 is 1.77 bits per heavy atom. The molecule has 0 fully saturated rings. The van der Waals surface area contributed by atoms with Crippen LogP contribution in [0.15, 0.2) is 12.1 Å². The highest BCUT2D eigenvalue weighted by Gasteiger charge is 2.04. The molecule has 0 unspecified atom stereocenters. The Morgan fingerprint density at radius 1 is 1.15 bits per heavy atom. The second-order valence-electron chi connectivity index (χ2n) is 3.45. The SMILES string of the molecule is CCCCc1c(N)ccc(N)c1C. The summed E-state index contributed by atoms with van der Waals surface area (Å²) in [5.41, 5.74) is 15.8. The van der Waals surface area contributed by atoms with Gasteiger partial charge in [-0.15, -0.1) is 0 Å². The van der Waals surface area contributed by atoms with Gasteiger partial charge in [0.1, 0.15) is 0 Å². The van der Waals surface area contributed by atoms with Crippen molar-refractivity contribution in [2.75, 3.05) is 11.5 Å². The third-order valence-corrected chi connectivity index (χ3v) is 2.46. The molecular weight excluding hydrogens is 160 g/mol. The predicted molar refractivity (Wildman–Crippen MR) is 58.6 cm³/mol. The topological polar surface area (TPSA) is 52.0 Å². The first-order chi connectivity index (χ1) is 6.16. The minimum absolute atomic E-state index is 0.848. The monoisotopic (exact) mass is 178 g/mol. The van der Waals surface area contributed by atoms with E-state index >= 15 is 0 Å². The molecule has 0 heterocycles. The largest absolute Gasteiger partial charge is 0.399 e. The molecule has 4 N–H and O–H groups in total. The van der Waals surface area contributed by atoms with Crippen LogP contribution in [0.2, 0.25) is 0 Å². The van der Waals surface area contributed by atoms with E-state index < -0.39 is 0 Å². The van der Waals surface area contributed by atoms with Gasteiger partial charge >= 0.3 is 0 Å². The first-order valence-corrected chi connectivity index (χ1v) is 4.80. The molecule has 0 spiro atoms. The highest BCUT2D eigenvalue weighted by molar-refractivity contribution is 5.61. The highest BCUT2D eigenvalue weighted by Crippen LogP contribution is 2.23. The number of rotatable bonds is 3. The molecule has 0 aromatic heterocycles. The standard InChI is InChI=1S/C11H18N2/c1-3-4-5-9-8(2)10(12)6-7-11(9)13/h6-7H,3-5,12-13H2,1-2H3. The summed E-state index contributed by atoms with van der Waals surface area (Å²) >= 11 is 0. The van der Waals surface area contributed by atoms with Crippen LogP contribution in [0.3, 0.4) is 0 Å². The van der Waals surface area contributed by atoms with Gasteiger partial charge in [0.2, 0.25) is 0 Å². The van der Waals surface area contributed by atoms with Crippen LogP contribution in [0.4, 0.5) is 11.4 Å². The smallest absolute Gasteiger partial charge is 0.0350 e. The van der Waals surface area contributed by atoms with Crippen LogP contribution in [0, 0.1) is 6.92 Å². The number of anilines is 2. The summed E-state index contributed by atoms with van der Waals surface area (Å²) in [7, 11) is 0. The van der Waals surface area contributed by atoms with Crippen molar-refractivity contribution in [3.05, 3.63) is 23.3 Å². The molecule has 0 aliphatic rings. The first kappa shape index (κ1) is 9.90. The van der Waals surface area contributed by atoms with E-state index in [9.17, 15) is 0 Å². The van der Waals surface area contributed by atoms with Gasteiger partial charge in [0.25, 0.3) is 0 Å². The van der Waals surface area contributed by atoms with Crippen molar-refractivity contribution < 1.29 is 0 Å². The summed E-state index contributed by atoms with van der Waals surface area (Å²) in [5.74, 6) is 0. The third-order valence-electron chi connectivity index (χ3n) is 2.46. The number of hydrogen-bond acceptors (Lipinski definition) is 2. The normalized spacial score (nSPS) is 10.3. The Morgan fingerprint density at radius 3 is 2.38 bits per heavy atom. The summed E-state index contributed by atoms with van der Waals surface area (Å²) in [5, 5.41) is 0. The Balaban J connectivity index is 2.96. The van der Waals surface area contributed by atoms with Crippen LogP contribution in [-0.2, 0) is 6.42 Å². The van der Waals surface area contributed by atoms with Crippen LogP contribution >= 0.6 is 0 Å². The lowest BCUT2D eigenvalue weighted by molar-refractivity contribution is 0.793. The molecule has 1 aromatic carbocycles. The number of unbranched alkanes of at least 4 members (excludes halogenated alkanes) is 1. The Labute approximate surface area is 79.9 Å². The van der Waals surface area contributed by atoms with Crippen molar-refractivity contribution in [1.29, 1.82) is 0 Å². The maximum Gasteiger partial charge on any atom is 0.0350 e. The lowest BCUT2D eigenvalue weighted by Gasteiger charge is -2.10. The van der Waals surface area contributed by atoms with Crippen LogP contribution in [0.1, 0.15) is 30.9 Å². The zero-order chi connectivity index (χ0) is 9.84. The summed E-state index contributed by atoms with van der Waals surface area (Å²) < 4.78 is 0. The maximum atomic E-state index is 5.88. The van der Waals surface area contributed by atoms with Gasteiger partial charge in [-0.2, -0.15) is 0 Å². The van der Waals surface area contributed by atoms with E-state index in [4.69, 9.17) is 11.5 Å². The average molecular weight is 178 g/mol. The van der Waals surface area contributed by atoms with Crippen molar-refractivity contribution in [2.24, 2.45) is 0 Å². The zero-order valence-corrected chi connectivity index (χ0v) is 8.43. The molecule has 0 amide bonds. The fourth-order valence-corrected chi connectivity index (χ4v) is 1.48. The summed E-state index contributed by atoms with van der Waals surface area (Å²) in [6.45, 7) is 4.22. The minimum atomic E-state index is 0.848. The fourth-order valence-electron chi connectivity index (χ4n) is 1.48. The maximum absolute atomic E-state index is 5.88. The quantitative estimate of drug-likeness (QED) is 0.699. The van der Waals surface area contributed by atoms with Crippen molar-refractivity contribution in [2.45, 2.75) is 33.1 Å². The molecule has 1 rings (SSSR count). The molecule has 2 heteroatoms. The van der Waals surface area contributed by atoms with Gasteiger partial charge < -0.3 is 11.5 Å². The molecule has 1 aromatic rings. The highest BCUT2D eigenvalue weighted by atomic mass is 14.6. The van der Waals surface area contributed by atoms with Crippen molar-refractivity contribution >= 4 is 11.4 Å². The molecule has 0 radical (unpaired) electrons. The van der Waals surface area contributed by atoms with Crippen LogP contribution in [-0.4, -0.2) is 0 Å². The van der Waals surface area contributed by atoms with E-state index in [2.05, 4.69) is 6.92 Å². The van der Waals surface area contributed by atoms with Gasteiger partial charge in [-0.3, -0.25) is 0 Å². The molecule has 0 saturated heterocycles. The van der Waals surface area contributed by atoms with Crippen molar-refractivity contribution in [1.82, 2.24) is 0 Å². The predicted octanol–water partition coefficient (Wildman–Crippen LogP) is 2.50. The van der Waals surface area contributed by atoms with Crippen LogP contribution in [0.25, 0.3) is 0 Å². The summed E-state index contributed by atoms with van der Waals surface area (Å²) in [6, 6.07) is 3.77. The van der Waals surface area contributed by atoms with Crippen LogP contribution < -0.4 is 11.5 Å². The second kappa shape index (κ2) is 4.17. The second-order valence-corrected chi connectivity index (χ2v) is 3.45. The van der Waals surface area contributed by atoms with E-state index in [-0.39, 0.29) is 0 Å². The van der Waals surface area contributed by atoms with Crippen molar-refractivity contribution in [3.63, 3.8) is 0 Å². The van der Waals surface area contributed by atoms with E-state index in [0.29, 0.717) is 0 Å². The average Bonchev–Trinajstić information content (AvgIpc) is 2.12. The first-order valence-electron chi connectivity index (χ1n) is 4.80. The lowest BCUT2D eigenvalue weighted by Crippen LogP contribution is -2.01. The third kappa shape index (κ3) is 2.14. The molecule has 0 aliphatic carbocycles. The van der Waals surface area contributed by atoms with Gasteiger partial charge in [-0.25, -0.2) is 0 Å². The van der Waals surface area contributed by atoms with Crippen LogP contribution in [0.5, 0.6) is 0 Å². The molecule has 0 atom stereocenters. The Hall–Kier alpha value is -1.18. The van der Waals surface area contributed by atoms with Gasteiger partial charge in [0.15, 0.2) is 0 Å². The molecule has 0 bridgehead atoms. The Bertz CT molecular complexity index is 292. The molecular formula is C11H18N2. The molecule has 2 nitrogen and oxygen atoms in total. The lowest BCUT2D eigenvalue weighted by atomic mass is 10.00. The molecule has 72 valence electrons. The van der Waals surface area contributed by atoms with Gasteiger partial charge in [0, 0.05) is 11.4 Å². The van der Waals surface area contributed by atoms with E-state index in [1.165, 1.54) is 18.4 Å². The molecule has 0 saturated carbocycles. The molecule has 0 aliphatic heterocycles. The van der Waals surface area contributed by atoms with E-state index in [1.807, 2.05) is 19.1 Å². The summed E-state index contributed by atoms with van der Waals surface area (Å²) in [4.78, 5) is 0. The number of nitrogen functional groups attached to an aromatic ring is 2. The van der Waals surface area contributed by atoms with Gasteiger partial charge in [0.05, 0.1) is 0 Å². The minimum Gasteiger partial charge on any atom is -0.399 e. The van der Waals surface area contributed by atoms with Gasteiger partial charge in [-0.1, -0.05) is 13.3 Å². The molecule has 13 heavy (non-hydrogen) atoms. The number of benzene rings is 1. The van der Waals surface area contributed by atoms with E-state index in [1.54, 1.807) is 0 Å². The van der Waals surface area contributed by atoms with E-state index in [0.717, 1.165) is 23.4 Å². The number of hydrogen-bond donors (Lipinski definition) is 2. The van der Waals surface area contributed by atoms with Crippen molar-refractivity contribution in [3.8, 4) is 0 Å². The fraction of sp³-hybridized carbons (Fsp3) is 0.455. The number of nitrogens with two attached hydrogens (primary N) is 2. The van der Waals surface area contributed by atoms with Gasteiger partial charge in [-0.05, 0) is 43.0 Å². The Kier molecular flexibility index (Phi) is 3.18.